The van der Waals surface area contributed by atoms with Gasteiger partial charge in [0.15, 0.2) is 0 Å². The predicted molar refractivity (Wildman–Crippen MR) is 240 cm³/mol. The molecule has 0 saturated heterocycles. The third-order valence-electron chi connectivity index (χ3n) is 10.7. The summed E-state index contributed by atoms with van der Waals surface area (Å²) in [5.41, 5.74) is 12.0. The molecule has 12 N–H and O–H groups in total. The number of amides is 4. The van der Waals surface area contributed by atoms with Gasteiger partial charge in [-0.15, -0.1) is 0 Å². The van der Waals surface area contributed by atoms with Crippen molar-refractivity contribution in [2.45, 2.75) is 210 Å². The first-order valence-electron chi connectivity index (χ1n) is 23.0. The second kappa shape index (κ2) is 39.4. The molecule has 61 heavy (non-hydrogen) atoms. The molecule has 0 fully saturated rings. The number of aliphatic carboxylic acids is 3. The number of hydrogen-bond acceptors (Lipinski definition) is 11. The smallest absolute Gasteiger partial charge is 0.326 e. The third kappa shape index (κ3) is 35.8. The molecule has 4 amide bonds. The molecule has 0 saturated carbocycles. The maximum atomic E-state index is 12.4. The zero-order chi connectivity index (χ0) is 45.5. The van der Waals surface area contributed by atoms with E-state index in [2.05, 4.69) is 38.8 Å². The maximum absolute atomic E-state index is 12.4. The molecular formula is C43H81N7O10S. The molecule has 0 radical (unpaired) electrons. The summed E-state index contributed by atoms with van der Waals surface area (Å²) in [4.78, 5) is 82.4. The fourth-order valence-corrected chi connectivity index (χ4v) is 7.03. The standard InChI is InChI=1S/C43H81N7O10S/c44-33(40(55)47-31-21-18-24-34(45)41(56)48-32-22-19-25-36(50-61)43(59)60)23-17-20-30-46-37(51)29-28-35(42(57)58)49-38(52)26-15-13-11-9-7-5-3-1-2-4-6-8-10-12-14-16-27-39(53)54/h33-36,50,61H,1-32,44-45H2,(H,46,51)(H,47,55)(H,48,56)(H,49,52)(H,53,54)(H,57,58)(H,59,60). The Balaban J connectivity index is 3.85. The van der Waals surface area contributed by atoms with Crippen LogP contribution >= 0.6 is 12.8 Å². The molecule has 0 aliphatic carbocycles. The molecule has 0 aromatic rings. The number of carboxylic acids is 3. The zero-order valence-electron chi connectivity index (χ0n) is 36.7. The lowest BCUT2D eigenvalue weighted by atomic mass is 10.0. The molecule has 0 bridgehead atoms. The van der Waals surface area contributed by atoms with E-state index in [1.54, 1.807) is 0 Å². The van der Waals surface area contributed by atoms with E-state index >= 15 is 0 Å². The minimum absolute atomic E-state index is 0.0133. The van der Waals surface area contributed by atoms with Gasteiger partial charge in [-0.25, -0.2) is 4.79 Å². The zero-order valence-corrected chi connectivity index (χ0v) is 37.6. The number of thiol groups is 1. The second-order valence-corrected chi connectivity index (χ2v) is 16.5. The van der Waals surface area contributed by atoms with Crippen LogP contribution < -0.4 is 37.5 Å². The Morgan fingerprint density at radius 2 is 0.787 bits per heavy atom. The van der Waals surface area contributed by atoms with E-state index in [0.29, 0.717) is 83.8 Å². The van der Waals surface area contributed by atoms with E-state index in [0.717, 1.165) is 38.5 Å². The minimum atomic E-state index is -1.18. The monoisotopic (exact) mass is 888 g/mol. The molecule has 4 atom stereocenters. The summed E-state index contributed by atoms with van der Waals surface area (Å²) in [6.07, 6.45) is 23.2. The van der Waals surface area contributed by atoms with Gasteiger partial charge in [-0.1, -0.05) is 103 Å². The van der Waals surface area contributed by atoms with Crippen LogP contribution in [0.1, 0.15) is 186 Å². The van der Waals surface area contributed by atoms with E-state index in [4.69, 9.17) is 21.7 Å². The van der Waals surface area contributed by atoms with Crippen molar-refractivity contribution in [1.82, 2.24) is 26.0 Å². The summed E-state index contributed by atoms with van der Waals surface area (Å²) in [6, 6.07) is -3.26. The Morgan fingerprint density at radius 1 is 0.410 bits per heavy atom. The lowest BCUT2D eigenvalue weighted by Gasteiger charge is -2.15. The molecule has 4 unspecified atom stereocenters. The molecule has 0 heterocycles. The highest BCUT2D eigenvalue weighted by atomic mass is 32.1. The van der Waals surface area contributed by atoms with Crippen molar-refractivity contribution in [3.63, 3.8) is 0 Å². The van der Waals surface area contributed by atoms with Crippen molar-refractivity contribution in [2.75, 3.05) is 19.6 Å². The van der Waals surface area contributed by atoms with E-state index in [1.807, 2.05) is 0 Å². The summed E-state index contributed by atoms with van der Waals surface area (Å²) >= 11 is 3.80. The maximum Gasteiger partial charge on any atom is 0.326 e. The van der Waals surface area contributed by atoms with Crippen LogP contribution in [0.4, 0.5) is 0 Å². The molecule has 18 heteroatoms. The topological polar surface area (TPSA) is 292 Å². The number of carboxylic acid groups (broad SMARTS) is 3. The average Bonchev–Trinajstić information content (AvgIpc) is 3.22. The van der Waals surface area contributed by atoms with Gasteiger partial charge >= 0.3 is 17.9 Å². The summed E-state index contributed by atoms with van der Waals surface area (Å²) in [5.74, 6) is -4.05. The molecule has 0 rings (SSSR count). The predicted octanol–water partition coefficient (Wildman–Crippen LogP) is 4.84. The number of unbranched alkanes of at least 4 members (excludes halogenated alkanes) is 18. The number of carbonyl (C=O) groups is 7. The first kappa shape index (κ1) is 57.5. The van der Waals surface area contributed by atoms with Crippen LogP contribution in [0.25, 0.3) is 0 Å². The van der Waals surface area contributed by atoms with Crippen molar-refractivity contribution in [2.24, 2.45) is 11.5 Å². The largest absolute Gasteiger partial charge is 0.481 e. The highest BCUT2D eigenvalue weighted by Crippen LogP contribution is 2.15. The molecule has 0 aromatic heterocycles. The normalized spacial score (nSPS) is 13.1. The van der Waals surface area contributed by atoms with Crippen molar-refractivity contribution in [1.29, 1.82) is 0 Å². The van der Waals surface area contributed by atoms with Gasteiger partial charge in [-0.05, 0) is 77.0 Å². The van der Waals surface area contributed by atoms with Gasteiger partial charge in [0.2, 0.25) is 23.6 Å². The van der Waals surface area contributed by atoms with Crippen LogP contribution in [0.5, 0.6) is 0 Å². The summed E-state index contributed by atoms with van der Waals surface area (Å²) in [6.45, 7) is 1.14. The van der Waals surface area contributed by atoms with Crippen molar-refractivity contribution in [3.05, 3.63) is 0 Å². The average molecular weight is 888 g/mol. The Kier molecular flexibility index (Phi) is 37.1. The van der Waals surface area contributed by atoms with E-state index < -0.39 is 42.1 Å². The van der Waals surface area contributed by atoms with Crippen LogP contribution in [0.3, 0.4) is 0 Å². The van der Waals surface area contributed by atoms with Crippen LogP contribution in [-0.4, -0.2) is 101 Å². The highest BCUT2D eigenvalue weighted by molar-refractivity contribution is 7.78. The van der Waals surface area contributed by atoms with Crippen LogP contribution in [0.15, 0.2) is 0 Å². The number of nitrogens with one attached hydrogen (secondary N) is 5. The summed E-state index contributed by atoms with van der Waals surface area (Å²) in [5, 5.41) is 38.1. The number of nitrogens with two attached hydrogens (primary N) is 2. The van der Waals surface area contributed by atoms with Gasteiger partial charge in [-0.3, -0.25) is 33.5 Å². The van der Waals surface area contributed by atoms with Gasteiger partial charge in [0.25, 0.3) is 0 Å². The third-order valence-corrected chi connectivity index (χ3v) is 11.0. The molecule has 0 aliphatic rings. The number of carbonyl (C=O) groups excluding carboxylic acids is 4. The lowest BCUT2D eigenvalue weighted by Crippen LogP contribution is -2.42. The van der Waals surface area contributed by atoms with Crippen LogP contribution in [0.2, 0.25) is 0 Å². The van der Waals surface area contributed by atoms with Crippen molar-refractivity contribution >= 4 is 54.4 Å². The van der Waals surface area contributed by atoms with Crippen molar-refractivity contribution < 1.29 is 48.9 Å². The quantitative estimate of drug-likeness (QED) is 0.0289. The molecule has 17 nitrogen and oxygen atoms in total. The molecule has 0 spiro atoms. The van der Waals surface area contributed by atoms with E-state index in [9.17, 15) is 38.7 Å². The Labute approximate surface area is 369 Å². The van der Waals surface area contributed by atoms with Crippen molar-refractivity contribution in [3.8, 4) is 0 Å². The van der Waals surface area contributed by atoms with Gasteiger partial charge in [0.1, 0.15) is 12.1 Å². The second-order valence-electron chi connectivity index (χ2n) is 16.2. The number of rotatable bonds is 43. The SMILES string of the molecule is NC(CCCCNC(=O)CCC(NC(=O)CCCCCCCCCCCCCCCCCCC(=O)O)C(=O)O)C(=O)NCCCCC(N)C(=O)NCCCCC(NS)C(=O)O. The fraction of sp³-hybridized carbons (Fsp3) is 0.837. The minimum Gasteiger partial charge on any atom is -0.481 e. The highest BCUT2D eigenvalue weighted by Gasteiger charge is 2.21. The van der Waals surface area contributed by atoms with Gasteiger partial charge in [-0.2, -0.15) is 0 Å². The molecule has 0 aliphatic heterocycles. The Bertz CT molecular complexity index is 1230. The van der Waals surface area contributed by atoms with Gasteiger partial charge in [0.05, 0.1) is 12.1 Å². The Morgan fingerprint density at radius 3 is 1.18 bits per heavy atom. The van der Waals surface area contributed by atoms with Gasteiger partial charge < -0.3 is 48.1 Å². The van der Waals surface area contributed by atoms with E-state index in [1.165, 1.54) is 57.8 Å². The first-order chi connectivity index (χ1) is 29.3. The van der Waals surface area contributed by atoms with Gasteiger partial charge in [0, 0.05) is 38.9 Å². The van der Waals surface area contributed by atoms with Crippen LogP contribution in [0, 0.1) is 0 Å². The van der Waals surface area contributed by atoms with E-state index in [-0.39, 0.29) is 49.3 Å². The summed E-state index contributed by atoms with van der Waals surface area (Å²) < 4.78 is 2.43. The molecule has 0 aromatic carbocycles. The summed E-state index contributed by atoms with van der Waals surface area (Å²) in [7, 11) is 0. The lowest BCUT2D eigenvalue weighted by molar-refractivity contribution is -0.142. The Hall–Kier alpha value is -3.48. The fourth-order valence-electron chi connectivity index (χ4n) is 6.79. The van der Waals surface area contributed by atoms with Crippen LogP contribution in [-0.2, 0) is 33.6 Å². The number of hydrogen-bond donors (Lipinski definition) is 11. The molecular weight excluding hydrogens is 807 g/mol. The molecule has 354 valence electrons. The first-order valence-corrected chi connectivity index (χ1v) is 23.4.